The van der Waals surface area contributed by atoms with Gasteiger partial charge in [-0.05, 0) is 31.2 Å². The van der Waals surface area contributed by atoms with E-state index in [9.17, 15) is 10.5 Å². The van der Waals surface area contributed by atoms with Gasteiger partial charge in [0.05, 0.1) is 20.9 Å². The number of hydrogen-bond donors (Lipinski definition) is 0. The van der Waals surface area contributed by atoms with E-state index in [1.807, 2.05) is 72.9 Å². The lowest BCUT2D eigenvalue weighted by atomic mass is 10.1. The molecule has 4 nitrogen and oxygen atoms in total. The highest BCUT2D eigenvalue weighted by atomic mass is 32.2. The Morgan fingerprint density at radius 2 is 1.64 bits per heavy atom. The fourth-order valence-electron chi connectivity index (χ4n) is 3.39. The van der Waals surface area contributed by atoms with Crippen molar-refractivity contribution in [1.82, 2.24) is 4.98 Å². The Kier molecular flexibility index (Phi) is 7.22. The lowest BCUT2D eigenvalue weighted by Crippen LogP contribution is -2.16. The predicted molar refractivity (Wildman–Crippen MR) is 138 cm³/mol. The largest absolute Gasteiger partial charge is 0.335 e. The van der Waals surface area contributed by atoms with Gasteiger partial charge in [-0.15, -0.1) is 11.3 Å². The first kappa shape index (κ1) is 22.4. The van der Waals surface area contributed by atoms with Crippen molar-refractivity contribution in [2.75, 3.05) is 11.4 Å². The number of fused-ring (bicyclic) bond motifs is 1. The average molecular weight is 465 g/mol. The molecule has 4 rings (SSSR count). The summed E-state index contributed by atoms with van der Waals surface area (Å²) in [5, 5.41) is 19.7. The summed E-state index contributed by atoms with van der Waals surface area (Å²) in [7, 11) is 0. The lowest BCUT2D eigenvalue weighted by molar-refractivity contribution is 1.00. The second-order valence-electron chi connectivity index (χ2n) is 6.95. The minimum Gasteiger partial charge on any atom is -0.335 e. The highest BCUT2D eigenvalue weighted by Gasteiger charge is 2.22. The van der Waals surface area contributed by atoms with Crippen molar-refractivity contribution in [3.63, 3.8) is 0 Å². The number of para-hydroxylation sites is 1. The Hall–Kier alpha value is -3.84. The molecule has 160 valence electrons. The molecular weight excluding hydrogens is 444 g/mol. The summed E-state index contributed by atoms with van der Waals surface area (Å²) in [4.78, 5) is 8.15. The Balaban J connectivity index is 1.58. The molecule has 0 atom stereocenters. The van der Waals surface area contributed by atoms with Crippen molar-refractivity contribution >= 4 is 40.4 Å². The Bertz CT molecular complexity index is 1430. The zero-order valence-electron chi connectivity index (χ0n) is 18.0. The number of thiazole rings is 1. The van der Waals surface area contributed by atoms with Crippen LogP contribution in [0.3, 0.4) is 0 Å². The fourth-order valence-corrected chi connectivity index (χ4v) is 5.47. The molecule has 0 spiro atoms. The van der Waals surface area contributed by atoms with Crippen LogP contribution in [0.4, 0.5) is 5.69 Å². The SMILES string of the molecule is CCN1\C(=C/C=C/C=C/C=c2/sc(=C(C#N)C#N)nc2-c2ccccc2)Sc2ccccc21. The fraction of sp³-hybridized carbons (Fsp3) is 0.0741. The zero-order valence-corrected chi connectivity index (χ0v) is 19.6. The number of anilines is 1. The highest BCUT2D eigenvalue weighted by Crippen LogP contribution is 2.45. The molecule has 0 N–H and O–H groups in total. The third kappa shape index (κ3) is 4.99. The topological polar surface area (TPSA) is 63.7 Å². The molecule has 2 aromatic carbocycles. The second kappa shape index (κ2) is 10.7. The molecule has 3 aromatic rings. The molecule has 6 heteroatoms. The predicted octanol–water partition coefficient (Wildman–Crippen LogP) is 5.37. The van der Waals surface area contributed by atoms with Gasteiger partial charge >= 0.3 is 0 Å². The number of hydrogen-bond acceptors (Lipinski definition) is 6. The maximum atomic E-state index is 9.22. The van der Waals surface area contributed by atoms with Crippen LogP contribution < -0.4 is 14.1 Å². The van der Waals surface area contributed by atoms with Gasteiger partial charge in [-0.25, -0.2) is 4.98 Å². The van der Waals surface area contributed by atoms with Crippen molar-refractivity contribution < 1.29 is 0 Å². The van der Waals surface area contributed by atoms with Gasteiger partial charge in [0.1, 0.15) is 16.8 Å². The molecule has 0 saturated carbocycles. The van der Waals surface area contributed by atoms with Crippen LogP contribution in [0.25, 0.3) is 22.9 Å². The Morgan fingerprint density at radius 3 is 2.36 bits per heavy atom. The molecular formula is C27H20N4S2. The second-order valence-corrected chi connectivity index (χ2v) is 9.04. The highest BCUT2D eigenvalue weighted by molar-refractivity contribution is 8.03. The van der Waals surface area contributed by atoms with E-state index in [4.69, 9.17) is 0 Å². The molecule has 0 bridgehead atoms. The van der Waals surface area contributed by atoms with Crippen LogP contribution in [0, 0.1) is 22.7 Å². The van der Waals surface area contributed by atoms with Gasteiger partial charge in [0, 0.05) is 17.0 Å². The molecule has 1 aliphatic heterocycles. The van der Waals surface area contributed by atoms with Crippen LogP contribution in [0.2, 0.25) is 0 Å². The molecule has 0 radical (unpaired) electrons. The van der Waals surface area contributed by atoms with Gasteiger partial charge in [-0.3, -0.25) is 0 Å². The van der Waals surface area contributed by atoms with Crippen LogP contribution in [-0.2, 0) is 0 Å². The Labute approximate surface area is 201 Å². The number of nitriles is 2. The van der Waals surface area contributed by atoms with E-state index in [-0.39, 0.29) is 5.57 Å². The third-order valence-corrected chi connectivity index (χ3v) is 7.08. The van der Waals surface area contributed by atoms with Gasteiger partial charge < -0.3 is 4.90 Å². The molecule has 0 aliphatic carbocycles. The minimum absolute atomic E-state index is 0.0304. The first-order valence-electron chi connectivity index (χ1n) is 10.4. The minimum atomic E-state index is 0.0304. The van der Waals surface area contributed by atoms with Crippen LogP contribution >= 0.6 is 23.1 Å². The van der Waals surface area contributed by atoms with Crippen molar-refractivity contribution in [2.45, 2.75) is 11.8 Å². The summed E-state index contributed by atoms with van der Waals surface area (Å²) in [6, 6.07) is 22.1. The lowest BCUT2D eigenvalue weighted by Gasteiger charge is -2.17. The molecule has 1 aliphatic rings. The summed E-state index contributed by atoms with van der Waals surface area (Å²) < 4.78 is 1.34. The van der Waals surface area contributed by atoms with Crippen molar-refractivity contribution in [3.05, 3.63) is 99.2 Å². The van der Waals surface area contributed by atoms with E-state index in [0.717, 1.165) is 22.3 Å². The summed E-state index contributed by atoms with van der Waals surface area (Å²) in [6.45, 7) is 3.08. The maximum Gasteiger partial charge on any atom is 0.165 e. The number of aromatic nitrogens is 1. The van der Waals surface area contributed by atoms with Gasteiger partial charge in [0.2, 0.25) is 0 Å². The van der Waals surface area contributed by atoms with E-state index in [0.29, 0.717) is 4.66 Å². The number of nitrogens with zero attached hydrogens (tertiary/aromatic N) is 4. The van der Waals surface area contributed by atoms with Crippen molar-refractivity contribution in [1.29, 1.82) is 10.5 Å². The first-order chi connectivity index (χ1) is 16.2. The van der Waals surface area contributed by atoms with E-state index < -0.39 is 0 Å². The molecule has 2 heterocycles. The van der Waals surface area contributed by atoms with E-state index in [1.54, 1.807) is 11.8 Å². The Morgan fingerprint density at radius 1 is 0.939 bits per heavy atom. The van der Waals surface area contributed by atoms with Gasteiger partial charge in [-0.2, -0.15) is 10.5 Å². The van der Waals surface area contributed by atoms with Gasteiger partial charge in [0.25, 0.3) is 0 Å². The van der Waals surface area contributed by atoms with Crippen LogP contribution in [0.5, 0.6) is 0 Å². The molecule has 1 aromatic heterocycles. The third-order valence-electron chi connectivity index (χ3n) is 4.91. The van der Waals surface area contributed by atoms with Crippen molar-refractivity contribution in [3.8, 4) is 23.4 Å². The zero-order chi connectivity index (χ0) is 23.0. The molecule has 0 amide bonds. The van der Waals surface area contributed by atoms with E-state index in [2.05, 4.69) is 47.1 Å². The van der Waals surface area contributed by atoms with Crippen molar-refractivity contribution in [2.24, 2.45) is 0 Å². The van der Waals surface area contributed by atoms with E-state index in [1.165, 1.54) is 26.9 Å². The number of thioether (sulfide) groups is 1. The van der Waals surface area contributed by atoms with Gasteiger partial charge in [-0.1, -0.05) is 78.5 Å². The quantitative estimate of drug-likeness (QED) is 0.475. The van der Waals surface area contributed by atoms with Crippen LogP contribution in [-0.4, -0.2) is 11.5 Å². The average Bonchev–Trinajstić information content (AvgIpc) is 3.43. The molecule has 0 saturated heterocycles. The van der Waals surface area contributed by atoms with Gasteiger partial charge in [0.15, 0.2) is 5.57 Å². The summed E-state index contributed by atoms with van der Waals surface area (Å²) in [5.74, 6) is 0. The van der Waals surface area contributed by atoms with E-state index >= 15 is 0 Å². The summed E-state index contributed by atoms with van der Waals surface area (Å²) in [6.07, 6.45) is 12.0. The number of rotatable bonds is 5. The first-order valence-corrected chi connectivity index (χ1v) is 12.0. The number of benzene rings is 2. The molecule has 33 heavy (non-hydrogen) atoms. The standard InChI is InChI=1S/C27H20N4S2/c1-2-31-22-14-10-11-15-23(22)32-25(31)17-9-4-3-8-16-24-26(20-12-6-5-7-13-20)30-27(33-24)21(18-28)19-29/h3-17H,2H2,1H3/b8-3+,9-4+,24-16+,25-17+. The molecule has 0 unspecified atom stereocenters. The van der Waals surface area contributed by atoms with Crippen LogP contribution in [0.1, 0.15) is 6.92 Å². The van der Waals surface area contributed by atoms with Crippen LogP contribution in [0.15, 0.2) is 94.9 Å². The normalized spacial score (nSPS) is 14.7. The number of allylic oxidation sites excluding steroid dienone is 5. The smallest absolute Gasteiger partial charge is 0.165 e. The summed E-state index contributed by atoms with van der Waals surface area (Å²) in [5.41, 5.74) is 3.01. The molecule has 0 fully saturated rings. The maximum absolute atomic E-state index is 9.22. The summed E-state index contributed by atoms with van der Waals surface area (Å²) >= 11 is 3.13. The monoisotopic (exact) mass is 464 g/mol.